The number of nitrogen functional groups attached to an aromatic ring is 1. The number of rotatable bonds is 6. The Kier molecular flexibility index (Phi) is 6.59. The minimum absolute atomic E-state index is 0.0783. The van der Waals surface area contributed by atoms with Gasteiger partial charge in [0.05, 0.1) is 11.8 Å². The van der Waals surface area contributed by atoms with Crippen molar-refractivity contribution >= 4 is 17.8 Å². The fourth-order valence-corrected chi connectivity index (χ4v) is 2.74. The number of hydrogen-bond donors (Lipinski definition) is 1. The van der Waals surface area contributed by atoms with Gasteiger partial charge in [0.1, 0.15) is 30.9 Å². The smallest absolute Gasteiger partial charge is 0.351 e. The lowest BCUT2D eigenvalue weighted by atomic mass is 10.0. The molecule has 1 fully saturated rings. The summed E-state index contributed by atoms with van der Waals surface area (Å²) < 4.78 is 18.1. The maximum absolute atomic E-state index is 12.2. The van der Waals surface area contributed by atoms with E-state index in [2.05, 4.69) is 4.98 Å². The van der Waals surface area contributed by atoms with Gasteiger partial charge in [-0.15, -0.1) is 0 Å². The summed E-state index contributed by atoms with van der Waals surface area (Å²) in [4.78, 5) is 39.8. The first-order valence-electron chi connectivity index (χ1n) is 8.99. The average molecular weight is 381 g/mol. The summed E-state index contributed by atoms with van der Waals surface area (Å²) in [5.74, 6) is -1.64. The monoisotopic (exact) mass is 381 g/mol. The average Bonchev–Trinajstić information content (AvgIpc) is 2.88. The highest BCUT2D eigenvalue weighted by Crippen LogP contribution is 2.36. The lowest BCUT2D eigenvalue weighted by molar-refractivity contribution is -0.162. The first kappa shape index (κ1) is 20.9. The standard InChI is InChI=1S/C18H27N3O6/c1-9(2)16(22)25-8-12-14(27-17(23)10(3)4)11(5)15(26-12)21-7-6-13(19)20-18(21)24/h6-7,9-12,14-15H,8H2,1-5H3,(H2,19,20,24)/t11?,12?,14-,15?/m0/s1. The molecule has 0 bridgehead atoms. The van der Waals surface area contributed by atoms with Gasteiger partial charge in [-0.2, -0.15) is 4.98 Å². The molecule has 4 atom stereocenters. The second-order valence-electron chi connectivity index (χ2n) is 7.31. The van der Waals surface area contributed by atoms with Crippen molar-refractivity contribution in [3.05, 3.63) is 22.7 Å². The van der Waals surface area contributed by atoms with E-state index < -0.39 is 24.1 Å². The third kappa shape index (κ3) is 4.85. The summed E-state index contributed by atoms with van der Waals surface area (Å²) in [6, 6.07) is 1.48. The fourth-order valence-electron chi connectivity index (χ4n) is 2.74. The lowest BCUT2D eigenvalue weighted by Crippen LogP contribution is -2.36. The highest BCUT2D eigenvalue weighted by molar-refractivity contribution is 5.72. The van der Waals surface area contributed by atoms with E-state index in [0.717, 1.165) is 0 Å². The van der Waals surface area contributed by atoms with E-state index >= 15 is 0 Å². The van der Waals surface area contributed by atoms with Crippen molar-refractivity contribution in [3.8, 4) is 0 Å². The van der Waals surface area contributed by atoms with Gasteiger partial charge in [0.15, 0.2) is 0 Å². The van der Waals surface area contributed by atoms with Crippen LogP contribution in [0.5, 0.6) is 0 Å². The zero-order chi connectivity index (χ0) is 20.3. The first-order valence-corrected chi connectivity index (χ1v) is 8.99. The summed E-state index contributed by atoms with van der Waals surface area (Å²) in [5.41, 5.74) is 4.96. The maximum Gasteiger partial charge on any atom is 0.351 e. The number of carbonyl (C=O) groups is 2. The van der Waals surface area contributed by atoms with Gasteiger partial charge < -0.3 is 19.9 Å². The molecule has 1 aromatic heterocycles. The van der Waals surface area contributed by atoms with Crippen LogP contribution in [-0.2, 0) is 23.8 Å². The molecule has 150 valence electrons. The SMILES string of the molecule is CC(C)C(=O)OCC1OC(n2ccc(N)nc2=O)C(C)[C@@H]1OC(=O)C(C)C. The van der Waals surface area contributed by atoms with Gasteiger partial charge in [-0.1, -0.05) is 34.6 Å². The summed E-state index contributed by atoms with van der Waals surface area (Å²) in [6.07, 6.45) is -0.608. The van der Waals surface area contributed by atoms with Crippen molar-refractivity contribution < 1.29 is 23.8 Å². The number of esters is 2. The van der Waals surface area contributed by atoms with Crippen LogP contribution in [0.1, 0.15) is 40.8 Å². The van der Waals surface area contributed by atoms with Crippen molar-refractivity contribution in [1.82, 2.24) is 9.55 Å². The number of nitrogens with zero attached hydrogens (tertiary/aromatic N) is 2. The predicted octanol–water partition coefficient (Wildman–Crippen LogP) is 1.13. The van der Waals surface area contributed by atoms with E-state index in [1.165, 1.54) is 16.8 Å². The predicted molar refractivity (Wildman–Crippen MR) is 96.5 cm³/mol. The molecular formula is C18H27N3O6. The van der Waals surface area contributed by atoms with E-state index in [4.69, 9.17) is 19.9 Å². The van der Waals surface area contributed by atoms with E-state index in [9.17, 15) is 14.4 Å². The van der Waals surface area contributed by atoms with Gasteiger partial charge in [-0.3, -0.25) is 14.2 Å². The Labute approximate surface area is 157 Å². The molecule has 1 aromatic rings. The molecule has 0 saturated carbocycles. The van der Waals surface area contributed by atoms with Crippen molar-refractivity contribution in [2.24, 2.45) is 17.8 Å². The Balaban J connectivity index is 2.24. The molecule has 0 aliphatic carbocycles. The molecule has 2 rings (SSSR count). The van der Waals surface area contributed by atoms with Crippen LogP contribution in [0.15, 0.2) is 17.1 Å². The molecule has 1 aliphatic rings. The van der Waals surface area contributed by atoms with Crippen LogP contribution in [0.4, 0.5) is 5.82 Å². The molecule has 2 heterocycles. The topological polar surface area (TPSA) is 123 Å². The Morgan fingerprint density at radius 1 is 1.26 bits per heavy atom. The summed E-state index contributed by atoms with van der Waals surface area (Å²) in [5, 5.41) is 0. The highest BCUT2D eigenvalue weighted by Gasteiger charge is 2.46. The summed E-state index contributed by atoms with van der Waals surface area (Å²) in [7, 11) is 0. The molecule has 0 radical (unpaired) electrons. The van der Waals surface area contributed by atoms with Gasteiger partial charge in [0.2, 0.25) is 0 Å². The van der Waals surface area contributed by atoms with E-state index in [0.29, 0.717) is 0 Å². The van der Waals surface area contributed by atoms with Gasteiger partial charge in [-0.25, -0.2) is 4.79 Å². The van der Waals surface area contributed by atoms with Crippen LogP contribution in [-0.4, -0.2) is 40.3 Å². The fraction of sp³-hybridized carbons (Fsp3) is 0.667. The van der Waals surface area contributed by atoms with Crippen molar-refractivity contribution in [3.63, 3.8) is 0 Å². The van der Waals surface area contributed by atoms with Crippen LogP contribution < -0.4 is 11.4 Å². The Hall–Kier alpha value is -2.42. The Morgan fingerprint density at radius 2 is 1.89 bits per heavy atom. The first-order chi connectivity index (χ1) is 12.6. The molecular weight excluding hydrogens is 354 g/mol. The molecule has 9 nitrogen and oxygen atoms in total. The number of ether oxygens (including phenoxy) is 3. The van der Waals surface area contributed by atoms with E-state index in [1.807, 2.05) is 0 Å². The third-order valence-electron chi connectivity index (χ3n) is 4.36. The van der Waals surface area contributed by atoms with E-state index in [1.54, 1.807) is 34.6 Å². The Bertz CT molecular complexity index is 745. The number of anilines is 1. The van der Waals surface area contributed by atoms with Crippen molar-refractivity contribution in [2.45, 2.75) is 53.1 Å². The lowest BCUT2D eigenvalue weighted by Gasteiger charge is -2.22. The number of aromatic nitrogens is 2. The van der Waals surface area contributed by atoms with Gasteiger partial charge in [0, 0.05) is 12.1 Å². The molecule has 9 heteroatoms. The molecule has 0 spiro atoms. The van der Waals surface area contributed by atoms with Gasteiger partial charge in [-0.05, 0) is 6.07 Å². The van der Waals surface area contributed by atoms with Crippen LogP contribution in [0, 0.1) is 17.8 Å². The second-order valence-corrected chi connectivity index (χ2v) is 7.31. The normalized spacial score (nSPS) is 25.0. The van der Waals surface area contributed by atoms with Crippen molar-refractivity contribution in [1.29, 1.82) is 0 Å². The number of nitrogens with two attached hydrogens (primary N) is 1. The minimum Gasteiger partial charge on any atom is -0.463 e. The van der Waals surface area contributed by atoms with Crippen LogP contribution in [0.2, 0.25) is 0 Å². The zero-order valence-electron chi connectivity index (χ0n) is 16.2. The largest absolute Gasteiger partial charge is 0.463 e. The maximum atomic E-state index is 12.2. The summed E-state index contributed by atoms with van der Waals surface area (Å²) in [6.45, 7) is 8.62. The highest BCUT2D eigenvalue weighted by atomic mass is 16.6. The van der Waals surface area contributed by atoms with Crippen LogP contribution in [0.25, 0.3) is 0 Å². The summed E-state index contributed by atoms with van der Waals surface area (Å²) >= 11 is 0. The second kappa shape index (κ2) is 8.51. The zero-order valence-corrected chi connectivity index (χ0v) is 16.2. The van der Waals surface area contributed by atoms with E-state index in [-0.39, 0.29) is 42.1 Å². The number of carbonyl (C=O) groups excluding carboxylic acids is 2. The minimum atomic E-state index is -0.724. The molecule has 0 aromatic carbocycles. The van der Waals surface area contributed by atoms with Gasteiger partial charge >= 0.3 is 17.6 Å². The van der Waals surface area contributed by atoms with Crippen LogP contribution in [0.3, 0.4) is 0 Å². The molecule has 1 saturated heterocycles. The van der Waals surface area contributed by atoms with Crippen molar-refractivity contribution in [2.75, 3.05) is 12.3 Å². The molecule has 3 unspecified atom stereocenters. The molecule has 2 N–H and O–H groups in total. The van der Waals surface area contributed by atoms with Crippen LogP contribution >= 0.6 is 0 Å². The molecule has 1 aliphatic heterocycles. The molecule has 27 heavy (non-hydrogen) atoms. The third-order valence-corrected chi connectivity index (χ3v) is 4.36. The quantitative estimate of drug-likeness (QED) is 0.728. The number of hydrogen-bond acceptors (Lipinski definition) is 8. The van der Waals surface area contributed by atoms with Gasteiger partial charge in [0.25, 0.3) is 0 Å². The Morgan fingerprint density at radius 3 is 2.44 bits per heavy atom. The molecule has 0 amide bonds.